The van der Waals surface area contributed by atoms with E-state index < -0.39 is 0 Å². The Morgan fingerprint density at radius 1 is 0.867 bits per heavy atom. The Morgan fingerprint density at radius 2 is 1.47 bits per heavy atom. The minimum atomic E-state index is -0.0562. The van der Waals surface area contributed by atoms with Gasteiger partial charge in [0.2, 0.25) is 0 Å². The molecule has 2 aliphatic rings. The molecule has 2 N–H and O–H groups in total. The quantitative estimate of drug-likeness (QED) is 0.183. The molecule has 45 heavy (non-hydrogen) atoms. The van der Waals surface area contributed by atoms with Crippen LogP contribution in [0, 0.1) is 5.92 Å². The number of nitrogens with zero attached hydrogens (tertiary/aromatic N) is 3. The van der Waals surface area contributed by atoms with Crippen LogP contribution in [0.3, 0.4) is 0 Å². The van der Waals surface area contributed by atoms with Crippen LogP contribution in [-0.2, 0) is 48.9 Å². The van der Waals surface area contributed by atoms with E-state index in [1.807, 2.05) is 92.8 Å². The van der Waals surface area contributed by atoms with Gasteiger partial charge in [0.05, 0.1) is 6.10 Å². The SMILES string of the molecule is CCC(=O)C1CCN(Cc2ccc(C(=O)N(C)CCN3CCC(OO)CC3)cc2)CC1.[NH-]c1ccccc1-c1ccccc1.[Y]. The molecule has 9 heteroatoms. The number of carbonyl (C=O) groups excluding carboxylic acids is 2. The van der Waals surface area contributed by atoms with Gasteiger partial charge in [0.1, 0.15) is 5.78 Å². The van der Waals surface area contributed by atoms with Gasteiger partial charge in [-0.05, 0) is 67.6 Å². The Morgan fingerprint density at radius 3 is 2.07 bits per heavy atom. The number of likely N-dealkylation sites (tertiary alicyclic amines) is 2. The molecule has 2 heterocycles. The maximum Gasteiger partial charge on any atom is 0.253 e. The van der Waals surface area contributed by atoms with Crippen molar-refractivity contribution in [3.8, 4) is 11.1 Å². The molecule has 3 aromatic carbocycles. The Hall–Kier alpha value is -2.46. The number of Topliss-reactive ketones (excluding diaryl/α,β-unsaturated/α-hetero) is 1. The standard InChI is InChI=1S/C24H37N3O4.C12H10N.Y/c1-3-23(28)20-8-12-27(13-9-20)18-19-4-6-21(7-5-19)24(29)25(2)16-17-26-14-10-22(31-30)11-15-26;13-12-9-5-4-8-11(12)10-6-2-1-3-7-10;/h4-7,20,22,30H,3,8-18H2,1-2H3;1-9,13H;/q;-1;. The van der Waals surface area contributed by atoms with Crippen LogP contribution in [0.15, 0.2) is 78.9 Å². The molecule has 3 aromatic rings. The number of hydrogen-bond acceptors (Lipinski definition) is 6. The van der Waals surface area contributed by atoms with Crippen LogP contribution in [0.25, 0.3) is 16.9 Å². The van der Waals surface area contributed by atoms with E-state index in [1.165, 1.54) is 5.56 Å². The van der Waals surface area contributed by atoms with E-state index in [0.29, 0.717) is 30.0 Å². The third kappa shape index (κ3) is 11.4. The number of benzene rings is 3. The second-order valence-electron chi connectivity index (χ2n) is 11.9. The maximum atomic E-state index is 12.8. The Balaban J connectivity index is 0.000000328. The van der Waals surface area contributed by atoms with Crippen molar-refractivity contribution in [1.82, 2.24) is 14.7 Å². The molecule has 0 unspecified atom stereocenters. The molecule has 2 saturated heterocycles. The predicted molar refractivity (Wildman–Crippen MR) is 176 cm³/mol. The van der Waals surface area contributed by atoms with Crippen LogP contribution in [-0.4, -0.2) is 84.1 Å². The van der Waals surface area contributed by atoms with Crippen molar-refractivity contribution < 1.29 is 52.4 Å². The summed E-state index contributed by atoms with van der Waals surface area (Å²) in [5.41, 5.74) is 12.3. The van der Waals surface area contributed by atoms with Crippen molar-refractivity contribution in [2.24, 2.45) is 5.92 Å². The number of likely N-dealkylation sites (N-methyl/N-ethyl adjacent to an activating group) is 1. The summed E-state index contributed by atoms with van der Waals surface area (Å²) >= 11 is 0. The summed E-state index contributed by atoms with van der Waals surface area (Å²) in [6, 6.07) is 25.6. The molecular formula is C36H47N4O4Y-. The number of amides is 1. The fraction of sp³-hybridized carbons (Fsp3) is 0.444. The zero-order valence-electron chi connectivity index (χ0n) is 26.7. The Labute approximate surface area is 293 Å². The second-order valence-corrected chi connectivity index (χ2v) is 11.9. The zero-order valence-corrected chi connectivity index (χ0v) is 29.6. The maximum absolute atomic E-state index is 12.8. The zero-order chi connectivity index (χ0) is 31.3. The summed E-state index contributed by atoms with van der Waals surface area (Å²) in [7, 11) is 1.85. The molecular weight excluding hydrogens is 641 g/mol. The van der Waals surface area contributed by atoms with Crippen molar-refractivity contribution in [2.45, 2.75) is 51.7 Å². The number of ketones is 1. The normalized spacial score (nSPS) is 16.2. The van der Waals surface area contributed by atoms with Crippen molar-refractivity contribution in [3.63, 3.8) is 0 Å². The van der Waals surface area contributed by atoms with Gasteiger partial charge < -0.3 is 15.5 Å². The van der Waals surface area contributed by atoms with Gasteiger partial charge in [0.25, 0.3) is 5.91 Å². The second kappa shape index (κ2) is 19.3. The van der Waals surface area contributed by atoms with Crippen LogP contribution in [0.1, 0.15) is 54.9 Å². The van der Waals surface area contributed by atoms with Crippen LogP contribution < -0.4 is 0 Å². The van der Waals surface area contributed by atoms with E-state index in [4.69, 9.17) is 11.0 Å². The Bertz CT molecular complexity index is 1310. The molecule has 0 aliphatic carbocycles. The van der Waals surface area contributed by atoms with Crippen LogP contribution in [0.4, 0.5) is 5.69 Å². The Kier molecular flexibility index (Phi) is 15.8. The van der Waals surface area contributed by atoms with Crippen molar-refractivity contribution in [1.29, 1.82) is 0 Å². The largest absolute Gasteiger partial charge is 0.698 e. The third-order valence-corrected chi connectivity index (χ3v) is 8.79. The van der Waals surface area contributed by atoms with Crippen LogP contribution in [0.2, 0.25) is 0 Å². The molecule has 1 amide bonds. The fourth-order valence-corrected chi connectivity index (χ4v) is 5.92. The van der Waals surface area contributed by atoms with Crippen molar-refractivity contribution in [2.75, 3.05) is 46.3 Å². The summed E-state index contributed by atoms with van der Waals surface area (Å²) in [5.74, 6) is 0.681. The van der Waals surface area contributed by atoms with Crippen LogP contribution in [0.5, 0.6) is 0 Å². The third-order valence-electron chi connectivity index (χ3n) is 8.79. The molecule has 0 aromatic heterocycles. The minimum Gasteiger partial charge on any atom is -0.698 e. The van der Waals surface area contributed by atoms with E-state index in [0.717, 1.165) is 76.1 Å². The topological polar surface area (TPSA) is 97.1 Å². The summed E-state index contributed by atoms with van der Waals surface area (Å²) in [6.07, 6.45) is 4.15. The smallest absolute Gasteiger partial charge is 0.253 e. The van der Waals surface area contributed by atoms with E-state index >= 15 is 0 Å². The van der Waals surface area contributed by atoms with Gasteiger partial charge in [-0.1, -0.05) is 73.7 Å². The van der Waals surface area contributed by atoms with Crippen molar-refractivity contribution in [3.05, 3.63) is 95.7 Å². The molecule has 0 spiro atoms. The van der Waals surface area contributed by atoms with Gasteiger partial charge in [-0.2, -0.15) is 0 Å². The summed E-state index contributed by atoms with van der Waals surface area (Å²) in [5, 5.41) is 8.76. The van der Waals surface area contributed by atoms with E-state index in [2.05, 4.69) is 14.7 Å². The number of piperidine rings is 2. The average molecular weight is 689 g/mol. The molecule has 2 aliphatic heterocycles. The fourth-order valence-electron chi connectivity index (χ4n) is 5.92. The van der Waals surface area contributed by atoms with Gasteiger partial charge in [-0.25, -0.2) is 4.89 Å². The summed E-state index contributed by atoms with van der Waals surface area (Å²) in [4.78, 5) is 35.5. The first-order valence-corrected chi connectivity index (χ1v) is 15.9. The number of carbonyl (C=O) groups is 2. The number of rotatable bonds is 10. The first-order valence-electron chi connectivity index (χ1n) is 15.9. The summed E-state index contributed by atoms with van der Waals surface area (Å²) < 4.78 is 0. The summed E-state index contributed by atoms with van der Waals surface area (Å²) in [6.45, 7) is 8.00. The molecule has 8 nitrogen and oxygen atoms in total. The molecule has 0 bridgehead atoms. The molecule has 0 atom stereocenters. The number of hydrogen-bond donors (Lipinski definition) is 1. The van der Waals surface area contributed by atoms with Gasteiger partial charge in [0.15, 0.2) is 0 Å². The predicted octanol–water partition coefficient (Wildman–Crippen LogP) is 6.94. The van der Waals surface area contributed by atoms with E-state index in [-0.39, 0.29) is 50.6 Å². The van der Waals surface area contributed by atoms with E-state index in [1.54, 1.807) is 4.90 Å². The average Bonchev–Trinajstić information content (AvgIpc) is 3.08. The molecule has 5 rings (SSSR count). The molecule has 239 valence electrons. The molecule has 1 radical (unpaired) electrons. The number of nitrogens with one attached hydrogen (secondary N) is 1. The van der Waals surface area contributed by atoms with Crippen LogP contribution >= 0.6 is 0 Å². The van der Waals surface area contributed by atoms with Gasteiger partial charge in [-0.15, -0.1) is 5.69 Å². The minimum absolute atomic E-state index is 0. The molecule has 2 fully saturated rings. The van der Waals surface area contributed by atoms with Gasteiger partial charge in [-0.3, -0.25) is 19.7 Å². The molecule has 0 saturated carbocycles. The first-order chi connectivity index (χ1) is 21.4. The first kappa shape index (κ1) is 37.0. The van der Waals surface area contributed by atoms with Gasteiger partial charge in [0, 0.05) is 90.4 Å². The van der Waals surface area contributed by atoms with Crippen molar-refractivity contribution >= 4 is 17.4 Å². The van der Waals surface area contributed by atoms with Gasteiger partial charge >= 0.3 is 0 Å². The van der Waals surface area contributed by atoms with E-state index in [9.17, 15) is 9.59 Å². The monoisotopic (exact) mass is 688 g/mol.